The largest absolute Gasteiger partial charge is 0.456 e. The molecule has 6 heteroatoms. The molecule has 13 rings (SSSR count). The van der Waals surface area contributed by atoms with E-state index in [2.05, 4.69) is 138 Å². The summed E-state index contributed by atoms with van der Waals surface area (Å²) in [6, 6.07) is 57.8. The van der Waals surface area contributed by atoms with Crippen LogP contribution >= 0.6 is 0 Å². The van der Waals surface area contributed by atoms with Crippen molar-refractivity contribution in [2.45, 2.75) is 5.41 Å². The zero-order valence-electron chi connectivity index (χ0n) is 28.9. The zero-order valence-corrected chi connectivity index (χ0v) is 28.9. The van der Waals surface area contributed by atoms with Gasteiger partial charge in [-0.05, 0) is 74.5 Å². The smallest absolute Gasteiger partial charge is 0.340 e. The number of fused-ring (bicyclic) bond motifs is 12. The number of benzene rings is 7. The van der Waals surface area contributed by atoms with Gasteiger partial charge in [-0.1, -0.05) is 145 Å². The Balaban J connectivity index is 1.24. The van der Waals surface area contributed by atoms with E-state index >= 15 is 4.79 Å². The Morgan fingerprint density at radius 3 is 2.02 bits per heavy atom. The number of furan rings is 1. The van der Waals surface area contributed by atoms with Crippen LogP contribution in [0.3, 0.4) is 0 Å². The van der Waals surface area contributed by atoms with Gasteiger partial charge < -0.3 is 4.42 Å². The SMILES string of the molecule is O=C1N(c2cccc3oc4ccccc4c23)C2=CC3(c4ccccc4-c4ccccc43)c3cccc4c3N2c2c(c3ccccc3n21)B4c1ccccc1. The summed E-state index contributed by atoms with van der Waals surface area (Å²) in [6.45, 7) is -0.0950. The molecule has 0 N–H and O–H groups in total. The van der Waals surface area contributed by atoms with Gasteiger partial charge in [0.25, 0.3) is 0 Å². The van der Waals surface area contributed by atoms with Crippen molar-refractivity contribution in [3.05, 3.63) is 192 Å². The number of hydrogen-bond donors (Lipinski definition) is 0. The van der Waals surface area contributed by atoms with Crippen LogP contribution in [0.4, 0.5) is 22.0 Å². The van der Waals surface area contributed by atoms with Crippen molar-refractivity contribution >= 4 is 79.2 Å². The molecule has 5 heterocycles. The number of para-hydroxylation sites is 3. The maximum absolute atomic E-state index is 15.9. The van der Waals surface area contributed by atoms with E-state index in [9.17, 15) is 0 Å². The standard InChI is InChI=1S/C48H28BN3O2/c53-47-50(39-25-13-27-41-43(39)33-19-7-11-26-40(33)54-41)42-28-48(34-20-8-4-16-30(34)31-17-5-9-21-35(31)48)36-22-12-23-37-45(36)52(42)46-44(49(37)29-14-2-1-3-15-29)32-18-6-10-24-38(32)51(46)47/h1-28H. The van der Waals surface area contributed by atoms with E-state index in [1.54, 1.807) is 0 Å². The maximum Gasteiger partial charge on any atom is 0.340 e. The van der Waals surface area contributed by atoms with Crippen molar-refractivity contribution in [3.8, 4) is 11.1 Å². The normalized spacial score (nSPS) is 15.6. The second-order valence-corrected chi connectivity index (χ2v) is 14.8. The number of allylic oxidation sites excluding steroid dienone is 1. The van der Waals surface area contributed by atoms with Crippen LogP contribution in [-0.4, -0.2) is 17.3 Å². The van der Waals surface area contributed by atoms with Crippen molar-refractivity contribution in [2.24, 2.45) is 0 Å². The van der Waals surface area contributed by atoms with Crippen LogP contribution in [0.1, 0.15) is 16.7 Å². The molecule has 9 aromatic rings. The van der Waals surface area contributed by atoms with Crippen LogP contribution < -0.4 is 26.2 Å². The van der Waals surface area contributed by atoms with Crippen LogP contribution in [0, 0.1) is 0 Å². The average Bonchev–Trinajstić information content (AvgIpc) is 3.87. The van der Waals surface area contributed by atoms with Gasteiger partial charge in [-0.3, -0.25) is 4.90 Å². The average molecular weight is 690 g/mol. The van der Waals surface area contributed by atoms with Gasteiger partial charge in [0.05, 0.1) is 22.0 Å². The molecule has 54 heavy (non-hydrogen) atoms. The maximum atomic E-state index is 15.9. The second kappa shape index (κ2) is 9.88. The molecule has 1 aliphatic carbocycles. The highest BCUT2D eigenvalue weighted by atomic mass is 16.3. The van der Waals surface area contributed by atoms with Gasteiger partial charge in [0.15, 0.2) is 0 Å². The number of hydrogen-bond acceptors (Lipinski definition) is 3. The van der Waals surface area contributed by atoms with E-state index in [-0.39, 0.29) is 12.7 Å². The summed E-state index contributed by atoms with van der Waals surface area (Å²) in [5.41, 5.74) is 13.4. The molecule has 0 saturated heterocycles. The number of amides is 1. The number of anilines is 3. The van der Waals surface area contributed by atoms with Crippen molar-refractivity contribution in [3.63, 3.8) is 0 Å². The van der Waals surface area contributed by atoms with Crippen LogP contribution in [-0.2, 0) is 5.41 Å². The summed E-state index contributed by atoms with van der Waals surface area (Å²) in [4.78, 5) is 20.2. The van der Waals surface area contributed by atoms with Crippen molar-refractivity contribution < 1.29 is 9.21 Å². The molecule has 0 bridgehead atoms. The first-order valence-corrected chi connectivity index (χ1v) is 18.5. The monoisotopic (exact) mass is 689 g/mol. The number of nitrogens with zero attached hydrogens (tertiary/aromatic N) is 3. The Bertz CT molecular complexity index is 3130. The fraction of sp³-hybridized carbons (Fsp3) is 0.0208. The number of rotatable bonds is 2. The summed E-state index contributed by atoms with van der Waals surface area (Å²) in [6.07, 6.45) is 2.39. The molecule has 1 spiro atoms. The third-order valence-corrected chi connectivity index (χ3v) is 12.3. The third-order valence-electron chi connectivity index (χ3n) is 12.3. The molecule has 0 saturated carbocycles. The van der Waals surface area contributed by atoms with Gasteiger partial charge in [0.2, 0.25) is 6.71 Å². The highest BCUT2D eigenvalue weighted by molar-refractivity contribution is 6.99. The molecule has 4 aliphatic rings. The second-order valence-electron chi connectivity index (χ2n) is 14.8. The van der Waals surface area contributed by atoms with Gasteiger partial charge in [-0.15, -0.1) is 0 Å². The first-order chi connectivity index (χ1) is 26.7. The van der Waals surface area contributed by atoms with Crippen LogP contribution in [0.5, 0.6) is 0 Å². The van der Waals surface area contributed by atoms with Gasteiger partial charge in [-0.2, -0.15) is 0 Å². The van der Waals surface area contributed by atoms with Crippen LogP contribution in [0.15, 0.2) is 180 Å². The minimum Gasteiger partial charge on any atom is -0.456 e. The lowest BCUT2D eigenvalue weighted by molar-refractivity contribution is 0.249. The summed E-state index contributed by atoms with van der Waals surface area (Å²) < 4.78 is 8.40. The molecule has 2 aromatic heterocycles. The molecule has 5 nitrogen and oxygen atoms in total. The van der Waals surface area contributed by atoms with Crippen LogP contribution in [0.2, 0.25) is 0 Å². The van der Waals surface area contributed by atoms with Gasteiger partial charge in [0, 0.05) is 11.1 Å². The first-order valence-electron chi connectivity index (χ1n) is 18.5. The van der Waals surface area contributed by atoms with E-state index in [4.69, 9.17) is 4.42 Å². The molecule has 3 aliphatic heterocycles. The predicted molar refractivity (Wildman–Crippen MR) is 218 cm³/mol. The number of carbonyl (C=O) groups excluding carboxylic acids is 1. The zero-order chi connectivity index (χ0) is 35.3. The molecule has 250 valence electrons. The minimum absolute atomic E-state index is 0.0950. The summed E-state index contributed by atoms with van der Waals surface area (Å²) in [7, 11) is 0. The highest BCUT2D eigenvalue weighted by Crippen LogP contribution is 2.60. The minimum atomic E-state index is -0.665. The molecule has 7 aromatic carbocycles. The molecule has 1 amide bonds. The Labute approximate surface area is 310 Å². The predicted octanol–water partition coefficient (Wildman–Crippen LogP) is 9.17. The number of carbonyl (C=O) groups is 1. The molecule has 0 radical (unpaired) electrons. The Kier molecular flexibility index (Phi) is 5.22. The quantitative estimate of drug-likeness (QED) is 0.170. The number of aromatic nitrogens is 1. The van der Waals surface area contributed by atoms with Crippen LogP contribution in [0.25, 0.3) is 44.0 Å². The highest BCUT2D eigenvalue weighted by Gasteiger charge is 2.55. The molecular formula is C48H28BN3O2. The molecule has 0 fully saturated rings. The van der Waals surface area contributed by atoms with Crippen molar-refractivity contribution in [2.75, 3.05) is 9.80 Å². The topological polar surface area (TPSA) is 41.6 Å². The van der Waals surface area contributed by atoms with Crippen molar-refractivity contribution in [1.82, 2.24) is 4.57 Å². The first kappa shape index (κ1) is 28.5. The lowest BCUT2D eigenvalue weighted by Gasteiger charge is -2.50. The van der Waals surface area contributed by atoms with Gasteiger partial charge >= 0.3 is 6.03 Å². The Morgan fingerprint density at radius 2 is 1.20 bits per heavy atom. The summed E-state index contributed by atoms with van der Waals surface area (Å²) >= 11 is 0. The van der Waals surface area contributed by atoms with Gasteiger partial charge in [-0.25, -0.2) is 14.3 Å². The Morgan fingerprint density at radius 1 is 0.556 bits per heavy atom. The summed E-state index contributed by atoms with van der Waals surface area (Å²) in [5, 5.41) is 2.98. The molecular weight excluding hydrogens is 661 g/mol. The van der Waals surface area contributed by atoms with E-state index < -0.39 is 5.41 Å². The molecule has 0 unspecified atom stereocenters. The summed E-state index contributed by atoms with van der Waals surface area (Å²) in [5.74, 6) is 1.74. The fourth-order valence-electron chi connectivity index (χ4n) is 10.4. The lowest BCUT2D eigenvalue weighted by Crippen LogP contribution is -2.62. The van der Waals surface area contributed by atoms with E-state index in [1.165, 1.54) is 38.7 Å². The lowest BCUT2D eigenvalue weighted by atomic mass is 9.34. The van der Waals surface area contributed by atoms with E-state index in [1.807, 2.05) is 45.9 Å². The van der Waals surface area contributed by atoms with E-state index in [0.29, 0.717) is 0 Å². The fourth-order valence-corrected chi connectivity index (χ4v) is 10.4. The van der Waals surface area contributed by atoms with Gasteiger partial charge in [0.1, 0.15) is 22.8 Å². The van der Waals surface area contributed by atoms with Crippen molar-refractivity contribution in [1.29, 1.82) is 0 Å². The molecule has 0 atom stereocenters. The Hall–Kier alpha value is -7.05. The third kappa shape index (κ3) is 3.23. The van der Waals surface area contributed by atoms with E-state index in [0.717, 1.165) is 61.3 Å².